The molecule has 0 amide bonds. The average molecular weight is 332 g/mol. The first-order valence-electron chi connectivity index (χ1n) is 9.73. The van der Waals surface area contributed by atoms with E-state index in [1.54, 1.807) is 0 Å². The van der Waals surface area contributed by atoms with Gasteiger partial charge in [0, 0.05) is 11.3 Å². The highest BCUT2D eigenvalue weighted by Crippen LogP contribution is 2.68. The third kappa shape index (κ3) is 2.65. The summed E-state index contributed by atoms with van der Waals surface area (Å²) in [5.74, 6) is 2.25. The molecule has 0 N–H and O–H groups in total. The van der Waals surface area contributed by atoms with Crippen molar-refractivity contribution in [2.45, 2.75) is 46.0 Å². The largest absolute Gasteiger partial charge is 0.299 e. The van der Waals surface area contributed by atoms with Crippen molar-refractivity contribution in [2.75, 3.05) is 0 Å². The van der Waals surface area contributed by atoms with Crippen molar-refractivity contribution in [2.24, 2.45) is 23.2 Å². The summed E-state index contributed by atoms with van der Waals surface area (Å²) in [7, 11) is 0. The zero-order valence-electron chi connectivity index (χ0n) is 15.5. The highest BCUT2D eigenvalue weighted by molar-refractivity contribution is 5.92. The van der Waals surface area contributed by atoms with Crippen molar-refractivity contribution in [3.8, 4) is 11.1 Å². The summed E-state index contributed by atoms with van der Waals surface area (Å²) in [6.45, 7) is 6.71. The van der Waals surface area contributed by atoms with Crippen molar-refractivity contribution >= 4 is 5.78 Å². The summed E-state index contributed by atoms with van der Waals surface area (Å²) in [5, 5.41) is 0. The Labute approximate surface area is 151 Å². The lowest BCUT2D eigenvalue weighted by molar-refractivity contribution is -0.135. The second kappa shape index (κ2) is 6.12. The van der Waals surface area contributed by atoms with Crippen molar-refractivity contribution < 1.29 is 4.79 Å². The average Bonchev–Trinajstić information content (AvgIpc) is 3.38. The minimum Gasteiger partial charge on any atom is -0.299 e. The van der Waals surface area contributed by atoms with E-state index < -0.39 is 0 Å². The lowest BCUT2D eigenvalue weighted by atomic mass is 9.66. The fourth-order valence-corrected chi connectivity index (χ4v) is 5.09. The molecular weight excluding hydrogens is 304 g/mol. The number of hydrogen-bond acceptors (Lipinski definition) is 1. The predicted molar refractivity (Wildman–Crippen MR) is 103 cm³/mol. The lowest BCUT2D eigenvalue weighted by Gasteiger charge is -2.36. The molecule has 0 radical (unpaired) electrons. The van der Waals surface area contributed by atoms with E-state index in [9.17, 15) is 4.79 Å². The van der Waals surface area contributed by atoms with Crippen LogP contribution in [0.5, 0.6) is 0 Å². The minimum atomic E-state index is -0.0680. The molecule has 25 heavy (non-hydrogen) atoms. The third-order valence-corrected chi connectivity index (χ3v) is 6.81. The van der Waals surface area contributed by atoms with E-state index in [0.29, 0.717) is 23.5 Å². The van der Waals surface area contributed by atoms with Crippen LogP contribution in [0.4, 0.5) is 0 Å². The molecular formula is C24H28O. The van der Waals surface area contributed by atoms with Crippen LogP contribution in [0.25, 0.3) is 11.1 Å². The van der Waals surface area contributed by atoms with E-state index in [-0.39, 0.29) is 11.3 Å². The van der Waals surface area contributed by atoms with Gasteiger partial charge >= 0.3 is 0 Å². The Morgan fingerprint density at radius 3 is 2.20 bits per heavy atom. The molecule has 2 saturated carbocycles. The quantitative estimate of drug-likeness (QED) is 0.664. The number of rotatable bonds is 3. The number of Topliss-reactive ketones (excluding diaryl/α,β-unsaturated/α-hetero) is 1. The Bertz CT molecular complexity index is 758. The molecule has 2 aliphatic rings. The van der Waals surface area contributed by atoms with Gasteiger partial charge < -0.3 is 0 Å². The molecule has 0 aromatic heterocycles. The van der Waals surface area contributed by atoms with Crippen LogP contribution in [0, 0.1) is 23.2 Å². The number of hydrogen-bond donors (Lipinski definition) is 0. The van der Waals surface area contributed by atoms with E-state index in [0.717, 1.165) is 12.8 Å². The van der Waals surface area contributed by atoms with Gasteiger partial charge in [-0.15, -0.1) is 0 Å². The van der Waals surface area contributed by atoms with Gasteiger partial charge in [0.2, 0.25) is 0 Å². The summed E-state index contributed by atoms with van der Waals surface area (Å²) < 4.78 is 0. The highest BCUT2D eigenvalue weighted by Gasteiger charge is 2.65. The third-order valence-electron chi connectivity index (χ3n) is 6.81. The van der Waals surface area contributed by atoms with Gasteiger partial charge in [-0.1, -0.05) is 75.4 Å². The Balaban J connectivity index is 1.58. The zero-order valence-corrected chi connectivity index (χ0v) is 15.5. The van der Waals surface area contributed by atoms with Crippen LogP contribution in [0.3, 0.4) is 0 Å². The maximum Gasteiger partial charge on any atom is 0.143 e. The Hall–Kier alpha value is -1.89. The molecule has 0 bridgehead atoms. The fraction of sp³-hybridized carbons (Fsp3) is 0.458. The van der Waals surface area contributed by atoms with Gasteiger partial charge in [-0.2, -0.15) is 0 Å². The maximum atomic E-state index is 13.2. The number of benzene rings is 2. The molecule has 2 aliphatic carbocycles. The maximum absolute atomic E-state index is 13.2. The number of carbonyl (C=O) groups is 1. The standard InChI is InChI=1S/C24H28O/c1-16(2)21-14-9-17(3)24(23(21)25)15-22(24)20-12-10-19(11-13-20)18-7-5-4-6-8-18/h4-8,10-13,16-17,21-22H,9,14-15H2,1-3H3/t17-,21-,22-,24-/m1/s1. The second-order valence-corrected chi connectivity index (χ2v) is 8.48. The monoisotopic (exact) mass is 332 g/mol. The van der Waals surface area contributed by atoms with Crippen LogP contribution in [-0.4, -0.2) is 5.78 Å². The molecule has 4 rings (SSSR count). The van der Waals surface area contributed by atoms with Gasteiger partial charge in [-0.3, -0.25) is 4.79 Å². The van der Waals surface area contributed by atoms with Crippen LogP contribution < -0.4 is 0 Å². The summed E-state index contributed by atoms with van der Waals surface area (Å²) in [5.41, 5.74) is 3.79. The molecule has 1 heteroatoms. The van der Waals surface area contributed by atoms with E-state index in [1.165, 1.54) is 23.1 Å². The van der Waals surface area contributed by atoms with Crippen LogP contribution in [0.15, 0.2) is 54.6 Å². The van der Waals surface area contributed by atoms with Gasteiger partial charge in [0.05, 0.1) is 0 Å². The van der Waals surface area contributed by atoms with Crippen LogP contribution in [0.2, 0.25) is 0 Å². The molecule has 4 atom stereocenters. The summed E-state index contributed by atoms with van der Waals surface area (Å²) >= 11 is 0. The molecule has 2 aromatic rings. The van der Waals surface area contributed by atoms with Gasteiger partial charge in [0.15, 0.2) is 0 Å². The molecule has 0 aliphatic heterocycles. The molecule has 0 heterocycles. The minimum absolute atomic E-state index is 0.0680. The van der Waals surface area contributed by atoms with Crippen molar-refractivity contribution in [1.82, 2.24) is 0 Å². The number of ketones is 1. The van der Waals surface area contributed by atoms with Crippen molar-refractivity contribution in [3.05, 3.63) is 60.2 Å². The Morgan fingerprint density at radius 2 is 1.56 bits per heavy atom. The van der Waals surface area contributed by atoms with Gasteiger partial charge in [0.1, 0.15) is 5.78 Å². The lowest BCUT2D eigenvalue weighted by Crippen LogP contribution is -2.39. The Kier molecular flexibility index (Phi) is 4.06. The van der Waals surface area contributed by atoms with Crippen LogP contribution in [0.1, 0.15) is 51.5 Å². The fourth-order valence-electron chi connectivity index (χ4n) is 5.09. The Morgan fingerprint density at radius 1 is 0.920 bits per heavy atom. The normalized spacial score (nSPS) is 31.5. The molecule has 0 unspecified atom stereocenters. The first kappa shape index (κ1) is 16.6. The van der Waals surface area contributed by atoms with E-state index in [1.807, 2.05) is 6.07 Å². The zero-order chi connectivity index (χ0) is 17.6. The van der Waals surface area contributed by atoms with Crippen LogP contribution in [-0.2, 0) is 4.79 Å². The van der Waals surface area contributed by atoms with Crippen molar-refractivity contribution in [1.29, 1.82) is 0 Å². The van der Waals surface area contributed by atoms with Crippen LogP contribution >= 0.6 is 0 Å². The van der Waals surface area contributed by atoms with Gasteiger partial charge in [-0.05, 0) is 53.7 Å². The molecule has 2 fully saturated rings. The first-order valence-corrected chi connectivity index (χ1v) is 9.73. The van der Waals surface area contributed by atoms with E-state index >= 15 is 0 Å². The predicted octanol–water partition coefficient (Wildman–Crippen LogP) is 6.10. The summed E-state index contributed by atoms with van der Waals surface area (Å²) in [6, 6.07) is 19.4. The second-order valence-electron chi connectivity index (χ2n) is 8.48. The van der Waals surface area contributed by atoms with Gasteiger partial charge in [0.25, 0.3) is 0 Å². The number of carbonyl (C=O) groups excluding carboxylic acids is 1. The topological polar surface area (TPSA) is 17.1 Å². The van der Waals surface area contributed by atoms with E-state index in [2.05, 4.69) is 69.3 Å². The molecule has 130 valence electrons. The highest BCUT2D eigenvalue weighted by atomic mass is 16.1. The van der Waals surface area contributed by atoms with E-state index in [4.69, 9.17) is 0 Å². The van der Waals surface area contributed by atoms with Crippen molar-refractivity contribution in [3.63, 3.8) is 0 Å². The summed E-state index contributed by atoms with van der Waals surface area (Å²) in [6.07, 6.45) is 3.34. The molecule has 1 spiro atoms. The SMILES string of the molecule is CC(C)[C@H]1CC[C@@H](C)[C@@]2(C[C@@H]2c2ccc(-c3ccccc3)cc2)C1=O. The first-order chi connectivity index (χ1) is 12.0. The molecule has 2 aromatic carbocycles. The van der Waals surface area contributed by atoms with Gasteiger partial charge in [-0.25, -0.2) is 0 Å². The summed E-state index contributed by atoms with van der Waals surface area (Å²) in [4.78, 5) is 13.2. The molecule has 0 saturated heterocycles. The smallest absolute Gasteiger partial charge is 0.143 e. The molecule has 1 nitrogen and oxygen atoms in total.